The van der Waals surface area contributed by atoms with Crippen molar-refractivity contribution in [3.63, 3.8) is 0 Å². The van der Waals surface area contributed by atoms with Crippen LogP contribution in [0.4, 0.5) is 4.39 Å². The summed E-state index contributed by atoms with van der Waals surface area (Å²) >= 11 is 0. The van der Waals surface area contributed by atoms with Gasteiger partial charge in [-0.05, 0) is 25.5 Å². The molecule has 2 rings (SSSR count). The molecular weight excluding hydrogens is 183 g/mol. The van der Waals surface area contributed by atoms with Gasteiger partial charge in [-0.3, -0.25) is 4.79 Å². The van der Waals surface area contributed by atoms with Gasteiger partial charge in [0.05, 0.1) is 5.52 Å². The van der Waals surface area contributed by atoms with E-state index >= 15 is 0 Å². The van der Waals surface area contributed by atoms with Crippen LogP contribution < -0.4 is 5.56 Å². The molecule has 3 nitrogen and oxygen atoms in total. The highest BCUT2D eigenvalue weighted by atomic mass is 19.1. The summed E-state index contributed by atoms with van der Waals surface area (Å²) in [6.07, 6.45) is 0. The summed E-state index contributed by atoms with van der Waals surface area (Å²) in [5.41, 5.74) is 1.16. The lowest BCUT2D eigenvalue weighted by molar-refractivity contribution is 0.626. The predicted octanol–water partition coefficient (Wildman–Crippen LogP) is 1.68. The molecule has 0 saturated heterocycles. The van der Waals surface area contributed by atoms with Crippen molar-refractivity contribution in [1.82, 2.24) is 9.97 Å². The molecule has 0 aliphatic carbocycles. The molecule has 0 unspecified atom stereocenters. The van der Waals surface area contributed by atoms with Crippen molar-refractivity contribution in [2.75, 3.05) is 0 Å². The molecule has 0 aliphatic heterocycles. The number of aromatic nitrogens is 2. The molecule has 0 atom stereocenters. The van der Waals surface area contributed by atoms with Crippen LogP contribution in [0, 0.1) is 19.7 Å². The zero-order valence-corrected chi connectivity index (χ0v) is 7.89. The normalized spacial score (nSPS) is 10.8. The molecule has 1 heterocycles. The van der Waals surface area contributed by atoms with Crippen molar-refractivity contribution in [2.45, 2.75) is 13.8 Å². The lowest BCUT2D eigenvalue weighted by Crippen LogP contribution is -2.12. The van der Waals surface area contributed by atoms with Crippen LogP contribution in [0.5, 0.6) is 0 Å². The Morgan fingerprint density at radius 1 is 1.36 bits per heavy atom. The molecule has 1 N–H and O–H groups in total. The maximum Gasteiger partial charge on any atom is 0.269 e. The van der Waals surface area contributed by atoms with Gasteiger partial charge in [0.1, 0.15) is 11.2 Å². The van der Waals surface area contributed by atoms with Gasteiger partial charge in [-0.15, -0.1) is 0 Å². The first kappa shape index (κ1) is 8.87. The second-order valence-electron chi connectivity index (χ2n) is 3.24. The van der Waals surface area contributed by atoms with Gasteiger partial charge in [0.25, 0.3) is 5.56 Å². The molecule has 0 spiro atoms. The van der Waals surface area contributed by atoms with E-state index in [2.05, 4.69) is 9.97 Å². The summed E-state index contributed by atoms with van der Waals surface area (Å²) in [6.45, 7) is 3.24. The number of rotatable bonds is 0. The molecular formula is C10H9FN2O. The van der Waals surface area contributed by atoms with E-state index in [9.17, 15) is 9.18 Å². The average molecular weight is 192 g/mol. The topological polar surface area (TPSA) is 45.8 Å². The summed E-state index contributed by atoms with van der Waals surface area (Å²) in [5, 5.41) is 0. The molecule has 14 heavy (non-hydrogen) atoms. The highest BCUT2D eigenvalue weighted by Gasteiger charge is 2.07. The van der Waals surface area contributed by atoms with Gasteiger partial charge >= 0.3 is 0 Å². The van der Waals surface area contributed by atoms with Crippen LogP contribution in [-0.2, 0) is 0 Å². The van der Waals surface area contributed by atoms with Gasteiger partial charge in [0.2, 0.25) is 0 Å². The minimum absolute atomic E-state index is 0.181. The van der Waals surface area contributed by atoms with E-state index in [1.807, 2.05) is 0 Å². The fourth-order valence-corrected chi connectivity index (χ4v) is 1.32. The first-order chi connectivity index (χ1) is 6.59. The van der Waals surface area contributed by atoms with Crippen LogP contribution in [0.25, 0.3) is 11.0 Å². The van der Waals surface area contributed by atoms with Crippen molar-refractivity contribution >= 4 is 11.0 Å². The Morgan fingerprint density at radius 2 is 2.07 bits per heavy atom. The third-order valence-corrected chi connectivity index (χ3v) is 2.17. The number of halogens is 1. The summed E-state index contributed by atoms with van der Waals surface area (Å²) in [5.74, 6) is -0.410. The molecule has 0 aliphatic rings. The van der Waals surface area contributed by atoms with Gasteiger partial charge in [0.15, 0.2) is 5.82 Å². The summed E-state index contributed by atoms with van der Waals surface area (Å²) in [7, 11) is 0. The quantitative estimate of drug-likeness (QED) is 0.690. The third-order valence-electron chi connectivity index (χ3n) is 2.17. The van der Waals surface area contributed by atoms with Crippen molar-refractivity contribution in [2.24, 2.45) is 0 Å². The molecule has 0 fully saturated rings. The van der Waals surface area contributed by atoms with Gasteiger partial charge < -0.3 is 4.98 Å². The van der Waals surface area contributed by atoms with E-state index in [0.717, 1.165) is 0 Å². The van der Waals surface area contributed by atoms with E-state index in [1.54, 1.807) is 26.0 Å². The fraction of sp³-hybridized carbons (Fsp3) is 0.200. The van der Waals surface area contributed by atoms with Gasteiger partial charge in [-0.25, -0.2) is 9.37 Å². The van der Waals surface area contributed by atoms with Gasteiger partial charge in [0, 0.05) is 0 Å². The summed E-state index contributed by atoms with van der Waals surface area (Å²) in [6, 6.07) is 3.33. The number of aryl methyl sites for hydroxylation is 2. The Bertz CT molecular complexity index is 560. The van der Waals surface area contributed by atoms with Crippen molar-refractivity contribution in [3.8, 4) is 0 Å². The van der Waals surface area contributed by atoms with Crippen LogP contribution in [0.15, 0.2) is 16.9 Å². The number of H-pyrrole nitrogens is 1. The summed E-state index contributed by atoms with van der Waals surface area (Å²) in [4.78, 5) is 17.7. The van der Waals surface area contributed by atoms with Crippen LogP contribution in [-0.4, -0.2) is 9.97 Å². The third kappa shape index (κ3) is 1.19. The molecule has 4 heteroatoms. The molecule has 2 aromatic rings. The maximum absolute atomic E-state index is 13.5. The number of aromatic amines is 1. The van der Waals surface area contributed by atoms with E-state index in [1.165, 1.54) is 0 Å². The van der Waals surface area contributed by atoms with Crippen LogP contribution in [0.3, 0.4) is 0 Å². The molecule has 1 aromatic carbocycles. The Balaban J connectivity index is 2.97. The second kappa shape index (κ2) is 2.90. The number of nitrogens with one attached hydrogen (secondary N) is 1. The lowest BCUT2D eigenvalue weighted by atomic mass is 10.2. The van der Waals surface area contributed by atoms with Gasteiger partial charge in [-0.1, -0.05) is 6.07 Å². The summed E-state index contributed by atoms with van der Waals surface area (Å²) < 4.78 is 13.5. The first-order valence-electron chi connectivity index (χ1n) is 4.25. The zero-order chi connectivity index (χ0) is 10.3. The Kier molecular flexibility index (Phi) is 1.84. The number of benzene rings is 1. The number of fused-ring (bicyclic) bond motifs is 1. The van der Waals surface area contributed by atoms with Crippen LogP contribution >= 0.6 is 0 Å². The minimum Gasteiger partial charge on any atom is -0.317 e. The minimum atomic E-state index is -0.410. The van der Waals surface area contributed by atoms with Crippen molar-refractivity contribution in [1.29, 1.82) is 0 Å². The maximum atomic E-state index is 13.5. The van der Waals surface area contributed by atoms with Crippen molar-refractivity contribution in [3.05, 3.63) is 39.6 Å². The second-order valence-corrected chi connectivity index (χ2v) is 3.24. The highest BCUT2D eigenvalue weighted by Crippen LogP contribution is 2.15. The van der Waals surface area contributed by atoms with Gasteiger partial charge in [-0.2, -0.15) is 0 Å². The first-order valence-corrected chi connectivity index (χ1v) is 4.25. The molecule has 0 radical (unpaired) electrons. The Hall–Kier alpha value is -1.71. The molecule has 0 bridgehead atoms. The van der Waals surface area contributed by atoms with E-state index in [-0.39, 0.29) is 11.1 Å². The molecule has 72 valence electrons. The number of nitrogens with zero attached hydrogens (tertiary/aromatic N) is 1. The molecule has 0 saturated carbocycles. The SMILES string of the molecule is Cc1ccc2nc(C)c(=O)[nH]c2c1F. The number of hydrogen-bond acceptors (Lipinski definition) is 2. The smallest absolute Gasteiger partial charge is 0.269 e. The highest BCUT2D eigenvalue weighted by molar-refractivity contribution is 5.75. The van der Waals surface area contributed by atoms with E-state index in [4.69, 9.17) is 0 Å². The zero-order valence-electron chi connectivity index (χ0n) is 7.89. The lowest BCUT2D eigenvalue weighted by Gasteiger charge is -2.01. The standard InChI is InChI=1S/C10H9FN2O/c1-5-3-4-7-9(8(5)11)13-10(14)6(2)12-7/h3-4H,1-2H3,(H,13,14). The molecule has 0 amide bonds. The van der Waals surface area contributed by atoms with E-state index < -0.39 is 5.82 Å². The van der Waals surface area contributed by atoms with Crippen LogP contribution in [0.1, 0.15) is 11.3 Å². The predicted molar refractivity (Wildman–Crippen MR) is 51.8 cm³/mol. The largest absolute Gasteiger partial charge is 0.317 e. The van der Waals surface area contributed by atoms with Crippen LogP contribution in [0.2, 0.25) is 0 Å². The molecule has 1 aromatic heterocycles. The monoisotopic (exact) mass is 192 g/mol. The fourth-order valence-electron chi connectivity index (χ4n) is 1.32. The average Bonchev–Trinajstić information content (AvgIpc) is 2.15. The Morgan fingerprint density at radius 3 is 2.79 bits per heavy atom. The Labute approximate surface area is 79.6 Å². The van der Waals surface area contributed by atoms with Crippen molar-refractivity contribution < 1.29 is 4.39 Å². The van der Waals surface area contributed by atoms with E-state index in [0.29, 0.717) is 16.8 Å². The number of hydrogen-bond donors (Lipinski definition) is 1.